The molecule has 1 heterocycles. The molecule has 2 aromatic carbocycles. The van der Waals surface area contributed by atoms with Crippen LogP contribution in [0, 0.1) is 5.92 Å². The minimum atomic E-state index is -0.210. The summed E-state index contributed by atoms with van der Waals surface area (Å²) in [5, 5.41) is 3.13. The van der Waals surface area contributed by atoms with E-state index in [2.05, 4.69) is 21.2 Å². The highest BCUT2D eigenvalue weighted by molar-refractivity contribution is 9.10. The minimum absolute atomic E-state index is 0.00216. The van der Waals surface area contributed by atoms with Crippen molar-refractivity contribution >= 4 is 21.8 Å². The second kappa shape index (κ2) is 7.52. The summed E-state index contributed by atoms with van der Waals surface area (Å²) >= 11 is 3.58. The van der Waals surface area contributed by atoms with Crippen molar-refractivity contribution in [3.63, 3.8) is 0 Å². The summed E-state index contributed by atoms with van der Waals surface area (Å²) in [6.07, 6.45) is -0.0674. The molecule has 1 N–H and O–H groups in total. The van der Waals surface area contributed by atoms with Crippen LogP contribution in [0.5, 0.6) is 11.5 Å². The lowest BCUT2D eigenvalue weighted by atomic mass is 10.1. The van der Waals surface area contributed by atoms with Gasteiger partial charge < -0.3 is 19.5 Å². The molecule has 4 rings (SSSR count). The van der Waals surface area contributed by atoms with Gasteiger partial charge >= 0.3 is 0 Å². The monoisotopic (exact) mass is 431 g/mol. The SMILES string of the molecule is CCOc1ccc([C@H](COC)NC(=O)C2C3Oc4cccc(Br)c4C32)cc1. The number of hydrogen-bond donors (Lipinski definition) is 1. The van der Waals surface area contributed by atoms with Gasteiger partial charge in [-0.15, -0.1) is 0 Å². The van der Waals surface area contributed by atoms with Crippen molar-refractivity contribution in [2.75, 3.05) is 20.3 Å². The molecule has 1 fully saturated rings. The number of nitrogens with one attached hydrogen (secondary N) is 1. The van der Waals surface area contributed by atoms with Gasteiger partial charge in [-0.05, 0) is 36.8 Å². The van der Waals surface area contributed by atoms with Gasteiger partial charge in [0.1, 0.15) is 17.6 Å². The Kier molecular flexibility index (Phi) is 5.10. The fourth-order valence-corrected chi connectivity index (χ4v) is 4.41. The van der Waals surface area contributed by atoms with Gasteiger partial charge in [0.2, 0.25) is 5.91 Å². The quantitative estimate of drug-likeness (QED) is 0.723. The topological polar surface area (TPSA) is 56.8 Å². The van der Waals surface area contributed by atoms with Gasteiger partial charge in [-0.1, -0.05) is 34.1 Å². The summed E-state index contributed by atoms with van der Waals surface area (Å²) in [4.78, 5) is 12.9. The number of amides is 1. The van der Waals surface area contributed by atoms with Crippen molar-refractivity contribution in [1.29, 1.82) is 0 Å². The van der Waals surface area contributed by atoms with Crippen molar-refractivity contribution < 1.29 is 19.0 Å². The zero-order valence-corrected chi connectivity index (χ0v) is 16.9. The fraction of sp³-hybridized carbons (Fsp3) is 0.381. The molecule has 2 aliphatic rings. The molecular formula is C21H22BrNO4. The molecule has 27 heavy (non-hydrogen) atoms. The number of benzene rings is 2. The predicted molar refractivity (Wildman–Crippen MR) is 105 cm³/mol. The van der Waals surface area contributed by atoms with Gasteiger partial charge in [-0.2, -0.15) is 0 Å². The molecule has 1 aliphatic heterocycles. The molecule has 0 bridgehead atoms. The number of fused-ring (bicyclic) bond motifs is 3. The molecule has 6 heteroatoms. The molecule has 1 amide bonds. The standard InChI is InChI=1S/C21H22BrNO4/c1-3-26-13-9-7-12(8-10-13)15(11-25-2)23-21(24)19-18-17-14(22)5-4-6-16(17)27-20(18)19/h4-10,15,18-20H,3,11H2,1-2H3,(H,23,24)/t15-,18?,19?,20?/m0/s1. The number of carbonyl (C=O) groups excluding carboxylic acids is 1. The Morgan fingerprint density at radius 1 is 1.26 bits per heavy atom. The number of carbonyl (C=O) groups is 1. The summed E-state index contributed by atoms with van der Waals surface area (Å²) in [5.41, 5.74) is 2.09. The highest BCUT2D eigenvalue weighted by Crippen LogP contribution is 2.60. The number of hydrogen-bond acceptors (Lipinski definition) is 4. The van der Waals surface area contributed by atoms with Gasteiger partial charge in [0.25, 0.3) is 0 Å². The van der Waals surface area contributed by atoms with Crippen LogP contribution in [-0.2, 0) is 9.53 Å². The van der Waals surface area contributed by atoms with Crippen molar-refractivity contribution in [1.82, 2.24) is 5.32 Å². The second-order valence-corrected chi connectivity index (χ2v) is 7.66. The maximum Gasteiger partial charge on any atom is 0.228 e. The molecule has 0 aromatic heterocycles. The van der Waals surface area contributed by atoms with E-state index in [1.807, 2.05) is 49.4 Å². The maximum atomic E-state index is 12.9. The lowest BCUT2D eigenvalue weighted by Crippen LogP contribution is -2.34. The molecule has 4 atom stereocenters. The van der Waals surface area contributed by atoms with E-state index in [0.29, 0.717) is 13.2 Å². The van der Waals surface area contributed by atoms with E-state index in [0.717, 1.165) is 27.1 Å². The number of methoxy groups -OCH3 is 1. The minimum Gasteiger partial charge on any atom is -0.494 e. The maximum absolute atomic E-state index is 12.9. The van der Waals surface area contributed by atoms with Crippen molar-refractivity contribution in [3.8, 4) is 11.5 Å². The third-order valence-corrected chi connectivity index (χ3v) is 5.80. The van der Waals surface area contributed by atoms with E-state index >= 15 is 0 Å². The predicted octanol–water partition coefficient (Wildman–Crippen LogP) is 3.83. The first kappa shape index (κ1) is 18.3. The Bertz CT molecular complexity index is 839. The fourth-order valence-electron chi connectivity index (χ4n) is 3.79. The van der Waals surface area contributed by atoms with Crippen LogP contribution in [0.15, 0.2) is 46.9 Å². The van der Waals surface area contributed by atoms with Gasteiger partial charge in [0, 0.05) is 23.1 Å². The molecule has 5 nitrogen and oxygen atoms in total. The van der Waals surface area contributed by atoms with Crippen molar-refractivity contribution in [3.05, 3.63) is 58.1 Å². The number of halogens is 1. The van der Waals surface area contributed by atoms with Crippen LogP contribution in [0.4, 0.5) is 0 Å². The lowest BCUT2D eigenvalue weighted by molar-refractivity contribution is -0.124. The zero-order chi connectivity index (χ0) is 19.0. The Morgan fingerprint density at radius 3 is 2.74 bits per heavy atom. The number of ether oxygens (including phenoxy) is 3. The first-order valence-corrected chi connectivity index (χ1v) is 9.90. The molecule has 2 aromatic rings. The van der Waals surface area contributed by atoms with E-state index in [1.54, 1.807) is 7.11 Å². The Morgan fingerprint density at radius 2 is 2.04 bits per heavy atom. The second-order valence-electron chi connectivity index (χ2n) is 6.80. The van der Waals surface area contributed by atoms with Gasteiger partial charge in [0.05, 0.1) is 25.2 Å². The van der Waals surface area contributed by atoms with Crippen LogP contribution in [0.3, 0.4) is 0 Å². The molecule has 1 aliphatic carbocycles. The van der Waals surface area contributed by atoms with E-state index < -0.39 is 0 Å². The number of rotatable bonds is 7. The Labute approximate surface area is 167 Å². The molecule has 1 saturated carbocycles. The highest BCUT2D eigenvalue weighted by Gasteiger charge is 2.63. The van der Waals surface area contributed by atoms with Crippen molar-refractivity contribution in [2.24, 2.45) is 5.92 Å². The summed E-state index contributed by atoms with van der Waals surface area (Å²) in [7, 11) is 1.63. The van der Waals surface area contributed by atoms with Crippen LogP contribution in [0.25, 0.3) is 0 Å². The van der Waals surface area contributed by atoms with E-state index in [4.69, 9.17) is 14.2 Å². The third kappa shape index (κ3) is 3.44. The van der Waals surface area contributed by atoms with Crippen molar-refractivity contribution in [2.45, 2.75) is 25.0 Å². The summed E-state index contributed by atoms with van der Waals surface area (Å²) in [6, 6.07) is 13.4. The molecule has 0 radical (unpaired) electrons. The van der Waals surface area contributed by atoms with Crippen LogP contribution in [0.2, 0.25) is 0 Å². The Hall–Kier alpha value is -2.05. The van der Waals surface area contributed by atoms with Gasteiger partial charge in [0.15, 0.2) is 0 Å². The van der Waals surface area contributed by atoms with Crippen LogP contribution in [0.1, 0.15) is 30.0 Å². The average Bonchev–Trinajstić information content (AvgIpc) is 3.22. The van der Waals surface area contributed by atoms with Crippen LogP contribution in [-0.4, -0.2) is 32.3 Å². The average molecular weight is 432 g/mol. The molecule has 142 valence electrons. The zero-order valence-electron chi connectivity index (χ0n) is 15.3. The largest absolute Gasteiger partial charge is 0.494 e. The van der Waals surface area contributed by atoms with E-state index in [9.17, 15) is 4.79 Å². The van der Waals surface area contributed by atoms with Crippen LogP contribution >= 0.6 is 15.9 Å². The normalized spacial score (nSPS) is 23.0. The first-order chi connectivity index (χ1) is 13.1. The van der Waals surface area contributed by atoms with Gasteiger partial charge in [-0.3, -0.25) is 4.79 Å². The molecule has 3 unspecified atom stereocenters. The molecule has 0 spiro atoms. The summed E-state index contributed by atoms with van der Waals surface area (Å²) in [6.45, 7) is 2.98. The van der Waals surface area contributed by atoms with Crippen LogP contribution < -0.4 is 14.8 Å². The molecular weight excluding hydrogens is 410 g/mol. The first-order valence-electron chi connectivity index (χ1n) is 9.11. The van der Waals surface area contributed by atoms with E-state index in [-0.39, 0.29) is 29.9 Å². The summed E-state index contributed by atoms with van der Waals surface area (Å²) < 4.78 is 17.8. The third-order valence-electron chi connectivity index (χ3n) is 5.11. The lowest BCUT2D eigenvalue weighted by Gasteiger charge is -2.19. The van der Waals surface area contributed by atoms with Gasteiger partial charge in [-0.25, -0.2) is 0 Å². The van der Waals surface area contributed by atoms with E-state index in [1.165, 1.54) is 0 Å². The highest BCUT2D eigenvalue weighted by atomic mass is 79.9. The Balaban J connectivity index is 1.46. The smallest absolute Gasteiger partial charge is 0.228 e. The molecule has 0 saturated heterocycles. The summed E-state index contributed by atoms with van der Waals surface area (Å²) in [5.74, 6) is 1.67.